The van der Waals surface area contributed by atoms with Gasteiger partial charge in [0.05, 0.1) is 22.3 Å². The zero-order valence-corrected chi connectivity index (χ0v) is 25.2. The first-order valence-electron chi connectivity index (χ1n) is 15.5. The standard InChI is InChI=1S/C42H32N2O/c1-29-25-34(32-15-7-3-8-16-32)41(35(26-29)33-17-9-4-10-18-33)44-39-20-12-11-19-38(39)43-42(44)37-28-45-40-24-23-31(27-36(37)40)22-21-30-13-5-2-6-14-30/h2-20,23-28H,21-22H2,1H3. The number of para-hydroxylation sites is 2. The fourth-order valence-electron chi connectivity index (χ4n) is 6.47. The summed E-state index contributed by atoms with van der Waals surface area (Å²) in [5.74, 6) is 0.869. The van der Waals surface area contributed by atoms with E-state index in [9.17, 15) is 0 Å². The summed E-state index contributed by atoms with van der Waals surface area (Å²) in [6.07, 6.45) is 3.82. The van der Waals surface area contributed by atoms with Crippen LogP contribution in [0, 0.1) is 6.92 Å². The largest absolute Gasteiger partial charge is 0.464 e. The number of imidazole rings is 1. The van der Waals surface area contributed by atoms with Crippen molar-refractivity contribution in [2.75, 3.05) is 0 Å². The van der Waals surface area contributed by atoms with Gasteiger partial charge in [0.2, 0.25) is 0 Å². The number of aromatic nitrogens is 2. The molecule has 0 aliphatic heterocycles. The van der Waals surface area contributed by atoms with Crippen molar-refractivity contribution >= 4 is 22.0 Å². The SMILES string of the molecule is Cc1cc(-c2ccccc2)c(-n2c(-c3coc4ccc(CCc5ccccc5)cc34)nc3ccccc32)c(-c2ccccc2)c1. The van der Waals surface area contributed by atoms with Gasteiger partial charge in [-0.25, -0.2) is 4.98 Å². The lowest BCUT2D eigenvalue weighted by Crippen LogP contribution is -2.03. The average Bonchev–Trinajstić information content (AvgIpc) is 3.69. The highest BCUT2D eigenvalue weighted by molar-refractivity contribution is 5.98. The lowest BCUT2D eigenvalue weighted by Gasteiger charge is -2.20. The van der Waals surface area contributed by atoms with Crippen LogP contribution >= 0.6 is 0 Å². The third-order valence-electron chi connectivity index (χ3n) is 8.63. The van der Waals surface area contributed by atoms with E-state index in [4.69, 9.17) is 9.40 Å². The number of aryl methyl sites for hydroxylation is 3. The van der Waals surface area contributed by atoms with Gasteiger partial charge in [0.25, 0.3) is 0 Å². The number of fused-ring (bicyclic) bond motifs is 2. The molecule has 3 heteroatoms. The summed E-state index contributed by atoms with van der Waals surface area (Å²) < 4.78 is 8.55. The van der Waals surface area contributed by atoms with Gasteiger partial charge in [0.1, 0.15) is 17.7 Å². The highest BCUT2D eigenvalue weighted by Crippen LogP contribution is 2.42. The Kier molecular flexibility index (Phi) is 6.84. The molecule has 216 valence electrons. The molecule has 0 aliphatic carbocycles. The molecule has 0 aliphatic rings. The van der Waals surface area contributed by atoms with Crippen molar-refractivity contribution in [2.45, 2.75) is 19.8 Å². The Labute approximate surface area is 263 Å². The molecule has 0 spiro atoms. The second-order valence-electron chi connectivity index (χ2n) is 11.7. The summed E-state index contributed by atoms with van der Waals surface area (Å²) in [7, 11) is 0. The highest BCUT2D eigenvalue weighted by atomic mass is 16.3. The summed E-state index contributed by atoms with van der Waals surface area (Å²) in [5.41, 5.74) is 13.4. The first-order chi connectivity index (χ1) is 22.2. The Morgan fingerprint density at radius 1 is 0.578 bits per heavy atom. The average molecular weight is 581 g/mol. The Balaban J connectivity index is 1.38. The van der Waals surface area contributed by atoms with Crippen LogP contribution in [0.4, 0.5) is 0 Å². The van der Waals surface area contributed by atoms with Crippen molar-refractivity contribution in [1.29, 1.82) is 0 Å². The zero-order chi connectivity index (χ0) is 30.2. The number of hydrogen-bond donors (Lipinski definition) is 0. The molecule has 0 atom stereocenters. The van der Waals surface area contributed by atoms with Crippen LogP contribution in [0.15, 0.2) is 156 Å². The van der Waals surface area contributed by atoms with Crippen molar-refractivity contribution in [2.24, 2.45) is 0 Å². The zero-order valence-electron chi connectivity index (χ0n) is 25.2. The van der Waals surface area contributed by atoms with E-state index in [0.717, 1.165) is 74.2 Å². The van der Waals surface area contributed by atoms with Crippen molar-refractivity contribution in [3.05, 3.63) is 169 Å². The van der Waals surface area contributed by atoms with Crippen molar-refractivity contribution in [3.8, 4) is 39.3 Å². The minimum Gasteiger partial charge on any atom is -0.464 e. The number of furan rings is 1. The topological polar surface area (TPSA) is 31.0 Å². The third-order valence-corrected chi connectivity index (χ3v) is 8.63. The van der Waals surface area contributed by atoms with E-state index >= 15 is 0 Å². The predicted molar refractivity (Wildman–Crippen MR) is 186 cm³/mol. The lowest BCUT2D eigenvalue weighted by molar-refractivity contribution is 0.616. The van der Waals surface area contributed by atoms with E-state index in [1.54, 1.807) is 0 Å². The Bertz CT molecular complexity index is 2200. The molecular weight excluding hydrogens is 548 g/mol. The van der Waals surface area contributed by atoms with Crippen LogP contribution < -0.4 is 0 Å². The molecule has 8 rings (SSSR count). The van der Waals surface area contributed by atoms with Crippen molar-refractivity contribution in [1.82, 2.24) is 9.55 Å². The predicted octanol–water partition coefficient (Wildman–Crippen LogP) is 10.9. The third kappa shape index (κ3) is 5.03. The van der Waals surface area contributed by atoms with E-state index in [1.165, 1.54) is 16.7 Å². The van der Waals surface area contributed by atoms with Crippen LogP contribution in [-0.2, 0) is 12.8 Å². The molecule has 0 N–H and O–H groups in total. The minimum absolute atomic E-state index is 0.863. The molecule has 0 fully saturated rings. The molecule has 0 bridgehead atoms. The summed E-state index contributed by atoms with van der Waals surface area (Å²) >= 11 is 0. The van der Waals surface area contributed by atoms with Crippen LogP contribution in [0.3, 0.4) is 0 Å². The highest BCUT2D eigenvalue weighted by Gasteiger charge is 2.24. The summed E-state index contributed by atoms with van der Waals surface area (Å²) in [6, 6.07) is 51.6. The molecule has 0 unspecified atom stereocenters. The quantitative estimate of drug-likeness (QED) is 0.188. The van der Waals surface area contributed by atoms with Crippen LogP contribution in [0.2, 0.25) is 0 Å². The number of hydrogen-bond acceptors (Lipinski definition) is 2. The monoisotopic (exact) mass is 580 g/mol. The van der Waals surface area contributed by atoms with Crippen LogP contribution in [0.25, 0.3) is 61.3 Å². The molecule has 0 amide bonds. The van der Waals surface area contributed by atoms with E-state index < -0.39 is 0 Å². The molecule has 0 radical (unpaired) electrons. The lowest BCUT2D eigenvalue weighted by atomic mass is 9.93. The first-order valence-corrected chi connectivity index (χ1v) is 15.5. The molecule has 3 nitrogen and oxygen atoms in total. The summed E-state index contributed by atoms with van der Waals surface area (Å²) in [6.45, 7) is 2.18. The maximum Gasteiger partial charge on any atom is 0.149 e. The number of benzene rings is 6. The van der Waals surface area contributed by atoms with Gasteiger partial charge >= 0.3 is 0 Å². The van der Waals surface area contributed by atoms with Gasteiger partial charge in [-0.05, 0) is 84.0 Å². The Morgan fingerprint density at radius 3 is 1.87 bits per heavy atom. The summed E-state index contributed by atoms with van der Waals surface area (Å²) in [4.78, 5) is 5.30. The fourth-order valence-corrected chi connectivity index (χ4v) is 6.47. The molecule has 8 aromatic rings. The molecule has 45 heavy (non-hydrogen) atoms. The van der Waals surface area contributed by atoms with E-state index in [-0.39, 0.29) is 0 Å². The van der Waals surface area contributed by atoms with E-state index in [2.05, 4.69) is 157 Å². The number of nitrogens with zero attached hydrogens (tertiary/aromatic N) is 2. The van der Waals surface area contributed by atoms with Crippen LogP contribution in [0.5, 0.6) is 0 Å². The molecular formula is C42H32N2O. The van der Waals surface area contributed by atoms with Crippen molar-refractivity contribution < 1.29 is 4.42 Å². The van der Waals surface area contributed by atoms with Gasteiger partial charge in [-0.2, -0.15) is 0 Å². The smallest absolute Gasteiger partial charge is 0.149 e. The van der Waals surface area contributed by atoms with E-state index in [0.29, 0.717) is 0 Å². The van der Waals surface area contributed by atoms with Gasteiger partial charge in [-0.1, -0.05) is 109 Å². The molecule has 2 heterocycles. The molecule has 0 saturated carbocycles. The van der Waals surface area contributed by atoms with E-state index in [1.807, 2.05) is 6.26 Å². The Morgan fingerprint density at radius 2 is 1.18 bits per heavy atom. The van der Waals surface area contributed by atoms with Gasteiger partial charge in [-0.15, -0.1) is 0 Å². The summed E-state index contributed by atoms with van der Waals surface area (Å²) in [5, 5.41) is 1.08. The second kappa shape index (κ2) is 11.4. The van der Waals surface area contributed by atoms with Crippen LogP contribution in [-0.4, -0.2) is 9.55 Å². The molecule has 2 aromatic heterocycles. The maximum absolute atomic E-state index is 6.20. The first kappa shape index (κ1) is 26.9. The maximum atomic E-state index is 6.20. The molecule has 0 saturated heterocycles. The Hall–Kier alpha value is -5.67. The van der Waals surface area contributed by atoms with Gasteiger partial charge in [0.15, 0.2) is 0 Å². The second-order valence-corrected chi connectivity index (χ2v) is 11.7. The van der Waals surface area contributed by atoms with Crippen LogP contribution in [0.1, 0.15) is 16.7 Å². The fraction of sp³-hybridized carbons (Fsp3) is 0.0714. The molecule has 6 aromatic carbocycles. The van der Waals surface area contributed by atoms with Gasteiger partial charge in [0, 0.05) is 16.5 Å². The van der Waals surface area contributed by atoms with Gasteiger partial charge < -0.3 is 4.42 Å². The van der Waals surface area contributed by atoms with Crippen molar-refractivity contribution in [3.63, 3.8) is 0 Å². The normalized spacial score (nSPS) is 11.4. The van der Waals surface area contributed by atoms with Gasteiger partial charge in [-0.3, -0.25) is 4.57 Å². The number of rotatable bonds is 7. The minimum atomic E-state index is 0.863.